The number of rotatable bonds is 6. The molecule has 2 N–H and O–H groups in total. The van der Waals surface area contributed by atoms with Gasteiger partial charge in [0.05, 0.1) is 12.3 Å². The summed E-state index contributed by atoms with van der Waals surface area (Å²) in [7, 11) is 0. The zero-order valence-corrected chi connectivity index (χ0v) is 14.0. The molecule has 0 unspecified atom stereocenters. The fraction of sp³-hybridized carbons (Fsp3) is 0.211. The molecule has 0 aliphatic carbocycles. The van der Waals surface area contributed by atoms with Crippen LogP contribution in [0.1, 0.15) is 21.6 Å². The molecule has 0 aliphatic rings. The zero-order valence-electron chi connectivity index (χ0n) is 14.0. The Hall–Kier alpha value is -2.99. The third-order valence-corrected chi connectivity index (χ3v) is 4.04. The van der Waals surface area contributed by atoms with E-state index in [2.05, 4.69) is 15.2 Å². The summed E-state index contributed by atoms with van der Waals surface area (Å²) in [5.41, 5.74) is 4.06. The fourth-order valence-electron chi connectivity index (χ4n) is 2.60. The summed E-state index contributed by atoms with van der Waals surface area (Å²) in [4.78, 5) is 18.5. The van der Waals surface area contributed by atoms with E-state index in [9.17, 15) is 9.90 Å². The second-order valence-electron chi connectivity index (χ2n) is 5.79. The van der Waals surface area contributed by atoms with Crippen LogP contribution < -0.4 is 0 Å². The molecule has 6 nitrogen and oxygen atoms in total. The Morgan fingerprint density at radius 1 is 1.24 bits per heavy atom. The van der Waals surface area contributed by atoms with Crippen LogP contribution in [0, 0.1) is 6.92 Å². The second-order valence-corrected chi connectivity index (χ2v) is 5.79. The van der Waals surface area contributed by atoms with Crippen LogP contribution in [0.25, 0.3) is 11.3 Å². The summed E-state index contributed by atoms with van der Waals surface area (Å²) in [5.74, 6) is -0.202. The Morgan fingerprint density at radius 2 is 2.04 bits per heavy atom. The highest BCUT2D eigenvalue weighted by atomic mass is 16.3. The average Bonchev–Trinajstić information content (AvgIpc) is 3.13. The quantitative estimate of drug-likeness (QED) is 0.724. The van der Waals surface area contributed by atoms with Crippen LogP contribution in [0.5, 0.6) is 0 Å². The van der Waals surface area contributed by atoms with Crippen molar-refractivity contribution in [2.45, 2.75) is 13.5 Å². The van der Waals surface area contributed by atoms with E-state index in [1.807, 2.05) is 43.3 Å². The Morgan fingerprint density at radius 3 is 2.76 bits per heavy atom. The van der Waals surface area contributed by atoms with Gasteiger partial charge in [-0.3, -0.25) is 14.9 Å². The number of aromatic nitrogens is 3. The van der Waals surface area contributed by atoms with Gasteiger partial charge in [0.2, 0.25) is 0 Å². The maximum Gasteiger partial charge on any atom is 0.272 e. The van der Waals surface area contributed by atoms with E-state index < -0.39 is 0 Å². The first kappa shape index (κ1) is 16.9. The number of nitrogens with one attached hydrogen (secondary N) is 1. The molecule has 0 fully saturated rings. The smallest absolute Gasteiger partial charge is 0.272 e. The molecule has 25 heavy (non-hydrogen) atoms. The van der Waals surface area contributed by atoms with Crippen molar-refractivity contribution in [3.8, 4) is 11.3 Å². The van der Waals surface area contributed by atoms with E-state index in [4.69, 9.17) is 0 Å². The highest BCUT2D eigenvalue weighted by Crippen LogP contribution is 2.18. The van der Waals surface area contributed by atoms with Gasteiger partial charge in [0.1, 0.15) is 5.69 Å². The van der Waals surface area contributed by atoms with E-state index >= 15 is 0 Å². The Labute approximate surface area is 146 Å². The topological polar surface area (TPSA) is 82.1 Å². The zero-order chi connectivity index (χ0) is 17.6. The number of aryl methyl sites for hydroxylation is 1. The van der Waals surface area contributed by atoms with Crippen LogP contribution in [0.3, 0.4) is 0 Å². The van der Waals surface area contributed by atoms with Crippen LogP contribution in [0.15, 0.2) is 54.9 Å². The SMILES string of the molecule is Cc1ccncc1CN(CCO)C(=O)c1cc(-c2ccccc2)n[nH]1. The van der Waals surface area contributed by atoms with Gasteiger partial charge in [0.15, 0.2) is 0 Å². The van der Waals surface area contributed by atoms with Gasteiger partial charge < -0.3 is 10.0 Å². The highest BCUT2D eigenvalue weighted by Gasteiger charge is 2.19. The molecule has 2 heterocycles. The Bertz CT molecular complexity index is 845. The molecule has 128 valence electrons. The minimum absolute atomic E-state index is 0.106. The summed E-state index contributed by atoms with van der Waals surface area (Å²) in [5, 5.41) is 16.4. The molecule has 0 radical (unpaired) electrons. The van der Waals surface area contributed by atoms with Crippen LogP contribution in [0.4, 0.5) is 0 Å². The molecule has 0 bridgehead atoms. The predicted molar refractivity (Wildman–Crippen MR) is 94.8 cm³/mol. The number of carbonyl (C=O) groups is 1. The summed E-state index contributed by atoms with van der Waals surface area (Å²) >= 11 is 0. The first-order valence-corrected chi connectivity index (χ1v) is 8.09. The lowest BCUT2D eigenvalue weighted by atomic mass is 10.1. The predicted octanol–water partition coefficient (Wildman–Crippen LogP) is 2.41. The summed E-state index contributed by atoms with van der Waals surface area (Å²) < 4.78 is 0. The van der Waals surface area contributed by atoms with Gasteiger partial charge in [0.25, 0.3) is 5.91 Å². The van der Waals surface area contributed by atoms with Crippen molar-refractivity contribution < 1.29 is 9.90 Å². The number of aliphatic hydroxyl groups excluding tert-OH is 1. The van der Waals surface area contributed by atoms with Crippen molar-refractivity contribution in [2.24, 2.45) is 0 Å². The van der Waals surface area contributed by atoms with Gasteiger partial charge >= 0.3 is 0 Å². The maximum absolute atomic E-state index is 12.8. The van der Waals surface area contributed by atoms with Crippen molar-refractivity contribution in [1.82, 2.24) is 20.1 Å². The third-order valence-electron chi connectivity index (χ3n) is 4.04. The molecule has 3 aromatic rings. The lowest BCUT2D eigenvalue weighted by Gasteiger charge is -2.21. The number of H-pyrrole nitrogens is 1. The number of benzene rings is 1. The number of pyridine rings is 1. The molecule has 3 rings (SSSR count). The number of hydrogen-bond acceptors (Lipinski definition) is 4. The number of carbonyl (C=O) groups excluding carboxylic acids is 1. The van der Waals surface area contributed by atoms with Crippen molar-refractivity contribution in [3.05, 3.63) is 71.7 Å². The van der Waals surface area contributed by atoms with Gasteiger partial charge in [-0.1, -0.05) is 30.3 Å². The van der Waals surface area contributed by atoms with Gasteiger partial charge in [-0.2, -0.15) is 5.10 Å². The Kier molecular flexibility index (Phi) is 5.20. The maximum atomic E-state index is 12.8. The lowest BCUT2D eigenvalue weighted by Crippen LogP contribution is -2.33. The molecule has 0 aliphatic heterocycles. The third kappa shape index (κ3) is 3.92. The van der Waals surface area contributed by atoms with Crippen molar-refractivity contribution in [2.75, 3.05) is 13.2 Å². The monoisotopic (exact) mass is 336 g/mol. The fourth-order valence-corrected chi connectivity index (χ4v) is 2.60. The molecule has 2 aromatic heterocycles. The molecule has 0 spiro atoms. The van der Waals surface area contributed by atoms with E-state index in [0.29, 0.717) is 17.9 Å². The van der Waals surface area contributed by atoms with Crippen LogP contribution >= 0.6 is 0 Å². The number of hydrogen-bond donors (Lipinski definition) is 2. The van der Waals surface area contributed by atoms with E-state index in [-0.39, 0.29) is 19.1 Å². The lowest BCUT2D eigenvalue weighted by molar-refractivity contribution is 0.0701. The van der Waals surface area contributed by atoms with Gasteiger partial charge in [-0.15, -0.1) is 0 Å². The van der Waals surface area contributed by atoms with E-state index in [1.165, 1.54) is 0 Å². The number of aliphatic hydroxyl groups is 1. The van der Waals surface area contributed by atoms with Crippen molar-refractivity contribution in [1.29, 1.82) is 0 Å². The van der Waals surface area contributed by atoms with Crippen molar-refractivity contribution >= 4 is 5.91 Å². The second kappa shape index (κ2) is 7.72. The summed E-state index contributed by atoms with van der Waals surface area (Å²) in [6.45, 7) is 2.50. The molecule has 0 saturated heterocycles. The first-order valence-electron chi connectivity index (χ1n) is 8.09. The minimum Gasteiger partial charge on any atom is -0.395 e. The van der Waals surface area contributed by atoms with Crippen LogP contribution in [-0.2, 0) is 6.54 Å². The van der Waals surface area contributed by atoms with Crippen LogP contribution in [-0.4, -0.2) is 44.2 Å². The Balaban J connectivity index is 1.81. The molecule has 0 atom stereocenters. The number of aromatic amines is 1. The molecule has 1 amide bonds. The summed E-state index contributed by atoms with van der Waals surface area (Å²) in [6, 6.07) is 13.3. The highest BCUT2D eigenvalue weighted by molar-refractivity contribution is 5.93. The van der Waals surface area contributed by atoms with Gasteiger partial charge in [0, 0.05) is 31.0 Å². The molecular formula is C19H20N4O2. The first-order chi connectivity index (χ1) is 12.2. The van der Waals surface area contributed by atoms with E-state index in [0.717, 1.165) is 16.7 Å². The van der Waals surface area contributed by atoms with Crippen LogP contribution in [0.2, 0.25) is 0 Å². The summed E-state index contributed by atoms with van der Waals surface area (Å²) in [6.07, 6.45) is 3.47. The molecule has 6 heteroatoms. The molecule has 1 aromatic carbocycles. The number of nitrogens with zero attached hydrogens (tertiary/aromatic N) is 3. The van der Waals surface area contributed by atoms with Gasteiger partial charge in [-0.05, 0) is 30.2 Å². The molecular weight excluding hydrogens is 316 g/mol. The van der Waals surface area contributed by atoms with Gasteiger partial charge in [-0.25, -0.2) is 0 Å². The normalized spacial score (nSPS) is 10.6. The van der Waals surface area contributed by atoms with Crippen molar-refractivity contribution in [3.63, 3.8) is 0 Å². The minimum atomic E-state index is -0.202. The van der Waals surface area contributed by atoms with E-state index in [1.54, 1.807) is 23.4 Å². The largest absolute Gasteiger partial charge is 0.395 e. The standard InChI is InChI=1S/C19H20N4O2/c1-14-7-8-20-12-16(14)13-23(9-10-24)19(25)18-11-17(21-22-18)15-5-3-2-4-6-15/h2-8,11-12,24H,9-10,13H2,1H3,(H,21,22). The average molecular weight is 336 g/mol. The number of amides is 1. The molecule has 0 saturated carbocycles.